The Bertz CT molecular complexity index is 704. The number of allylic oxidation sites excluding steroid dienone is 2. The van der Waals surface area contributed by atoms with Gasteiger partial charge in [-0.3, -0.25) is 9.69 Å². The SMILES string of the molecule is CC1OC(=O)OC1COC(=O)C1=C(/C=C/C(F)(F)F)CSC2CC(=O)N12. The van der Waals surface area contributed by atoms with Gasteiger partial charge in [0, 0.05) is 11.8 Å². The van der Waals surface area contributed by atoms with E-state index in [-0.39, 0.29) is 47.4 Å². The fourth-order valence-corrected chi connectivity index (χ4v) is 3.86. The van der Waals surface area contributed by atoms with Crippen LogP contribution in [-0.2, 0) is 23.8 Å². The van der Waals surface area contributed by atoms with Gasteiger partial charge in [-0.1, -0.05) is 6.08 Å². The van der Waals surface area contributed by atoms with Gasteiger partial charge in [-0.25, -0.2) is 9.59 Å². The summed E-state index contributed by atoms with van der Waals surface area (Å²) in [5.74, 6) is -1.17. The van der Waals surface area contributed by atoms with Crippen molar-refractivity contribution in [3.63, 3.8) is 0 Å². The van der Waals surface area contributed by atoms with Gasteiger partial charge in [-0.05, 0) is 12.5 Å². The number of hydrogen-bond donors (Lipinski definition) is 0. The quantitative estimate of drug-likeness (QED) is 0.535. The zero-order valence-electron chi connectivity index (χ0n) is 13.4. The Kier molecular flexibility index (Phi) is 4.91. The molecule has 3 heterocycles. The smallest absolute Gasteiger partial charge is 0.457 e. The van der Waals surface area contributed by atoms with Crippen LogP contribution in [0.2, 0.25) is 0 Å². The summed E-state index contributed by atoms with van der Waals surface area (Å²) < 4.78 is 52.0. The summed E-state index contributed by atoms with van der Waals surface area (Å²) in [5.41, 5.74) is -0.155. The number of alkyl halides is 3. The minimum atomic E-state index is -4.55. The summed E-state index contributed by atoms with van der Waals surface area (Å²) in [6.45, 7) is 1.22. The van der Waals surface area contributed by atoms with E-state index in [1.165, 1.54) is 11.8 Å². The molecule has 0 aromatic heterocycles. The summed E-state index contributed by atoms with van der Waals surface area (Å²) in [6, 6.07) is 0. The summed E-state index contributed by atoms with van der Waals surface area (Å²) in [5, 5.41) is -0.292. The van der Waals surface area contributed by atoms with Crippen molar-refractivity contribution < 1.29 is 41.8 Å². The number of nitrogens with zero attached hydrogens (tertiary/aromatic N) is 1. The van der Waals surface area contributed by atoms with Gasteiger partial charge in [0.15, 0.2) is 6.10 Å². The molecule has 3 unspecified atom stereocenters. The van der Waals surface area contributed by atoms with Gasteiger partial charge < -0.3 is 14.2 Å². The molecule has 0 aromatic rings. The molecule has 0 aromatic carbocycles. The van der Waals surface area contributed by atoms with Crippen LogP contribution in [0.4, 0.5) is 18.0 Å². The molecule has 0 radical (unpaired) electrons. The highest BCUT2D eigenvalue weighted by atomic mass is 32.2. The van der Waals surface area contributed by atoms with Gasteiger partial charge in [0.05, 0.1) is 11.8 Å². The van der Waals surface area contributed by atoms with Crippen molar-refractivity contribution in [3.05, 3.63) is 23.4 Å². The minimum Gasteiger partial charge on any atom is -0.457 e. The maximum atomic E-state index is 12.5. The van der Waals surface area contributed by atoms with Crippen molar-refractivity contribution >= 4 is 29.8 Å². The number of rotatable bonds is 4. The van der Waals surface area contributed by atoms with Crippen molar-refractivity contribution in [2.45, 2.75) is 37.1 Å². The van der Waals surface area contributed by atoms with E-state index >= 15 is 0 Å². The summed E-state index contributed by atoms with van der Waals surface area (Å²) in [6.07, 6.45) is -5.90. The molecule has 7 nitrogen and oxygen atoms in total. The Morgan fingerprint density at radius 3 is 2.69 bits per heavy atom. The van der Waals surface area contributed by atoms with E-state index < -0.39 is 30.5 Å². The largest absolute Gasteiger partial charge is 0.509 e. The molecule has 3 aliphatic heterocycles. The average Bonchev–Trinajstić information content (AvgIpc) is 2.86. The van der Waals surface area contributed by atoms with Crippen molar-refractivity contribution in [2.75, 3.05) is 12.4 Å². The molecule has 3 atom stereocenters. The summed E-state index contributed by atoms with van der Waals surface area (Å²) in [7, 11) is 0. The maximum Gasteiger partial charge on any atom is 0.509 e. The zero-order chi connectivity index (χ0) is 19.1. The van der Waals surface area contributed by atoms with E-state index in [9.17, 15) is 27.6 Å². The van der Waals surface area contributed by atoms with Gasteiger partial charge in [-0.15, -0.1) is 11.8 Å². The van der Waals surface area contributed by atoms with Gasteiger partial charge in [0.1, 0.15) is 18.4 Å². The second-order valence-electron chi connectivity index (χ2n) is 5.81. The summed E-state index contributed by atoms with van der Waals surface area (Å²) in [4.78, 5) is 36.4. The molecule has 0 spiro atoms. The lowest BCUT2D eigenvalue weighted by Gasteiger charge is -2.44. The Morgan fingerprint density at radius 2 is 2.12 bits per heavy atom. The highest BCUT2D eigenvalue weighted by molar-refractivity contribution is 8.00. The molecule has 0 N–H and O–H groups in total. The van der Waals surface area contributed by atoms with Crippen molar-refractivity contribution in [3.8, 4) is 0 Å². The van der Waals surface area contributed by atoms with E-state index in [0.717, 1.165) is 11.0 Å². The normalized spacial score (nSPS) is 28.6. The number of β-lactam (4-membered cyclic amide) rings is 1. The molecule has 0 saturated carbocycles. The van der Waals surface area contributed by atoms with E-state index in [2.05, 4.69) is 0 Å². The molecular weight excluding hydrogens is 379 g/mol. The standard InChI is InChI=1S/C15H14F3NO6S/c1-7-9(25-14(22)24-7)5-23-13(21)12-8(2-3-15(16,17)18)6-26-11-4-10(20)19(11)12/h2-3,7,9,11H,4-6H2,1H3/b3-2+. The first-order chi connectivity index (χ1) is 12.2. The number of halogens is 3. The highest BCUT2D eigenvalue weighted by Gasteiger charge is 2.46. The minimum absolute atomic E-state index is 0.00935. The fourth-order valence-electron chi connectivity index (χ4n) is 2.62. The van der Waals surface area contributed by atoms with E-state index in [4.69, 9.17) is 14.2 Å². The van der Waals surface area contributed by atoms with Gasteiger partial charge >= 0.3 is 18.3 Å². The fraction of sp³-hybridized carbons (Fsp3) is 0.533. The summed E-state index contributed by atoms with van der Waals surface area (Å²) >= 11 is 1.27. The van der Waals surface area contributed by atoms with E-state index in [0.29, 0.717) is 0 Å². The van der Waals surface area contributed by atoms with Crippen LogP contribution in [0.1, 0.15) is 13.3 Å². The molecule has 142 valence electrons. The number of carbonyl (C=O) groups is 3. The van der Waals surface area contributed by atoms with Crippen LogP contribution in [0.3, 0.4) is 0 Å². The van der Waals surface area contributed by atoms with Crippen LogP contribution >= 0.6 is 11.8 Å². The lowest BCUT2D eigenvalue weighted by Crippen LogP contribution is -2.54. The third-order valence-corrected chi connectivity index (χ3v) is 5.22. The third kappa shape index (κ3) is 3.81. The Labute approximate surface area is 150 Å². The van der Waals surface area contributed by atoms with Crippen LogP contribution < -0.4 is 0 Å². The number of amides is 1. The zero-order valence-corrected chi connectivity index (χ0v) is 14.3. The monoisotopic (exact) mass is 393 g/mol. The topological polar surface area (TPSA) is 82.1 Å². The van der Waals surface area contributed by atoms with Crippen LogP contribution in [0.25, 0.3) is 0 Å². The molecule has 0 bridgehead atoms. The number of ether oxygens (including phenoxy) is 3. The van der Waals surface area contributed by atoms with Gasteiger partial charge in [-0.2, -0.15) is 13.2 Å². The van der Waals surface area contributed by atoms with Crippen molar-refractivity contribution in [1.29, 1.82) is 0 Å². The van der Waals surface area contributed by atoms with E-state index in [1.54, 1.807) is 6.92 Å². The first-order valence-electron chi connectivity index (χ1n) is 7.63. The predicted molar refractivity (Wildman–Crippen MR) is 81.7 cm³/mol. The van der Waals surface area contributed by atoms with E-state index in [1.807, 2.05) is 0 Å². The van der Waals surface area contributed by atoms with Gasteiger partial charge in [0.2, 0.25) is 5.91 Å². The number of cyclic esters (lactones) is 2. The lowest BCUT2D eigenvalue weighted by molar-refractivity contribution is -0.151. The molecule has 3 rings (SSSR count). The molecule has 26 heavy (non-hydrogen) atoms. The lowest BCUT2D eigenvalue weighted by atomic mass is 10.1. The van der Waals surface area contributed by atoms with Crippen LogP contribution in [0.15, 0.2) is 23.4 Å². The average molecular weight is 393 g/mol. The Balaban J connectivity index is 1.78. The van der Waals surface area contributed by atoms with Crippen LogP contribution in [0.5, 0.6) is 0 Å². The molecular formula is C15H14F3NO6S. The van der Waals surface area contributed by atoms with Crippen LogP contribution in [-0.4, -0.2) is 59.0 Å². The van der Waals surface area contributed by atoms with Crippen molar-refractivity contribution in [2.24, 2.45) is 0 Å². The molecule has 0 aliphatic carbocycles. The molecule has 3 aliphatic rings. The molecule has 11 heteroatoms. The Hall–Kier alpha value is -2.17. The highest BCUT2D eigenvalue weighted by Crippen LogP contribution is 2.41. The van der Waals surface area contributed by atoms with Gasteiger partial charge in [0.25, 0.3) is 0 Å². The number of esters is 1. The second-order valence-corrected chi connectivity index (χ2v) is 6.98. The van der Waals surface area contributed by atoms with Crippen LogP contribution in [0, 0.1) is 0 Å². The Morgan fingerprint density at radius 1 is 1.38 bits per heavy atom. The number of hydrogen-bond acceptors (Lipinski definition) is 7. The molecule has 1 amide bonds. The third-order valence-electron chi connectivity index (χ3n) is 3.98. The first kappa shape index (κ1) is 18.6. The van der Waals surface area contributed by atoms with Crippen molar-refractivity contribution in [1.82, 2.24) is 4.90 Å². The molecule has 2 saturated heterocycles. The molecule has 2 fully saturated rings. The number of carbonyl (C=O) groups excluding carboxylic acids is 3. The number of thioether (sulfide) groups is 1. The number of fused-ring (bicyclic) bond motifs is 1. The predicted octanol–water partition coefficient (Wildman–Crippen LogP) is 2.13. The maximum absolute atomic E-state index is 12.5. The second kappa shape index (κ2) is 6.86. The first-order valence-corrected chi connectivity index (χ1v) is 8.68.